The average Bonchev–Trinajstić information content (AvgIpc) is 3.15. The summed E-state index contributed by atoms with van der Waals surface area (Å²) in [7, 11) is 0. The van der Waals surface area contributed by atoms with Gasteiger partial charge in [0.2, 0.25) is 6.79 Å². The average molecular weight is 367 g/mol. The molecule has 7 heteroatoms. The Morgan fingerprint density at radius 2 is 1.63 bits per heavy atom. The number of ether oxygens (including phenoxy) is 4. The van der Waals surface area contributed by atoms with Crippen LogP contribution in [-0.4, -0.2) is 25.0 Å². The van der Waals surface area contributed by atoms with E-state index in [1.807, 2.05) is 36.4 Å². The minimum absolute atomic E-state index is 0.0823. The first-order chi connectivity index (χ1) is 13.3. The quantitative estimate of drug-likeness (QED) is 0.726. The smallest absolute Gasteiger partial charge is 0.257 e. The molecule has 2 aliphatic heterocycles. The number of pyridine rings is 1. The Bertz CT molecular complexity index is 1080. The minimum Gasteiger partial charge on any atom is -0.486 e. The number of H-pyrrole nitrogens is 1. The molecule has 0 aliphatic carbocycles. The van der Waals surface area contributed by atoms with Gasteiger partial charge >= 0.3 is 0 Å². The molecule has 7 nitrogen and oxygen atoms in total. The van der Waals surface area contributed by atoms with Crippen LogP contribution in [0.1, 0.15) is 11.1 Å². The molecule has 0 amide bonds. The van der Waals surface area contributed by atoms with Gasteiger partial charge in [0.1, 0.15) is 26.3 Å². The SMILES string of the molecule is O=c1[nH]c2cc3c(cc2cc1C[NH2+]Cc1ccc2c(c1)OCO2)OCCO3. The van der Waals surface area contributed by atoms with Gasteiger partial charge in [0.25, 0.3) is 5.56 Å². The van der Waals surface area contributed by atoms with E-state index in [2.05, 4.69) is 10.3 Å². The fourth-order valence-corrected chi connectivity index (χ4v) is 3.40. The van der Waals surface area contributed by atoms with Crippen LogP contribution in [0.25, 0.3) is 10.9 Å². The first-order valence-corrected chi connectivity index (χ1v) is 8.92. The second kappa shape index (κ2) is 6.51. The van der Waals surface area contributed by atoms with E-state index in [0.717, 1.165) is 45.8 Å². The molecule has 0 atom stereocenters. The maximum Gasteiger partial charge on any atom is 0.257 e. The summed E-state index contributed by atoms with van der Waals surface area (Å²) in [6, 6.07) is 11.6. The van der Waals surface area contributed by atoms with Crippen molar-refractivity contribution in [2.24, 2.45) is 0 Å². The van der Waals surface area contributed by atoms with Crippen LogP contribution in [0.15, 0.2) is 41.2 Å². The van der Waals surface area contributed by atoms with Gasteiger partial charge in [0.15, 0.2) is 23.0 Å². The molecule has 5 rings (SSSR count). The summed E-state index contributed by atoms with van der Waals surface area (Å²) in [5, 5.41) is 3.02. The topological polar surface area (TPSA) is 86.4 Å². The Kier molecular flexibility index (Phi) is 3.86. The summed E-state index contributed by atoms with van der Waals surface area (Å²) in [5.41, 5.74) is 2.51. The van der Waals surface area contributed by atoms with E-state index in [-0.39, 0.29) is 12.4 Å². The summed E-state index contributed by atoms with van der Waals surface area (Å²) < 4.78 is 21.9. The molecule has 0 unspecified atom stereocenters. The van der Waals surface area contributed by atoms with Gasteiger partial charge in [-0.1, -0.05) is 0 Å². The van der Waals surface area contributed by atoms with Crippen LogP contribution in [0.5, 0.6) is 23.0 Å². The summed E-state index contributed by atoms with van der Waals surface area (Å²) in [4.78, 5) is 15.4. The van der Waals surface area contributed by atoms with Crippen molar-refractivity contribution in [1.82, 2.24) is 4.98 Å². The van der Waals surface area contributed by atoms with Crippen LogP contribution in [0.4, 0.5) is 0 Å². The lowest BCUT2D eigenvalue weighted by Gasteiger charge is -2.18. The summed E-state index contributed by atoms with van der Waals surface area (Å²) in [6.07, 6.45) is 0. The first-order valence-electron chi connectivity index (χ1n) is 8.92. The third-order valence-corrected chi connectivity index (χ3v) is 4.77. The highest BCUT2D eigenvalue weighted by Crippen LogP contribution is 2.34. The number of aromatic nitrogens is 1. The minimum atomic E-state index is -0.0823. The molecule has 1 aromatic heterocycles. The monoisotopic (exact) mass is 367 g/mol. The van der Waals surface area contributed by atoms with Gasteiger partial charge in [0.05, 0.1) is 11.1 Å². The Morgan fingerprint density at radius 3 is 2.52 bits per heavy atom. The molecule has 0 saturated heterocycles. The highest BCUT2D eigenvalue weighted by atomic mass is 16.7. The Labute approximate surface area is 154 Å². The molecule has 3 aromatic rings. The highest BCUT2D eigenvalue weighted by Gasteiger charge is 2.15. The number of hydrogen-bond acceptors (Lipinski definition) is 5. The third-order valence-electron chi connectivity index (χ3n) is 4.77. The van der Waals surface area contributed by atoms with Crippen LogP contribution in [0, 0.1) is 0 Å². The van der Waals surface area contributed by atoms with Gasteiger partial charge in [-0.25, -0.2) is 0 Å². The molecule has 3 N–H and O–H groups in total. The molecule has 27 heavy (non-hydrogen) atoms. The summed E-state index contributed by atoms with van der Waals surface area (Å²) in [6.45, 7) is 2.66. The number of aromatic amines is 1. The lowest BCUT2D eigenvalue weighted by molar-refractivity contribution is -0.686. The van der Waals surface area contributed by atoms with Crippen molar-refractivity contribution in [1.29, 1.82) is 0 Å². The number of nitrogens with two attached hydrogens (primary N) is 1. The van der Waals surface area contributed by atoms with Crippen LogP contribution in [0.2, 0.25) is 0 Å². The van der Waals surface area contributed by atoms with Crippen LogP contribution >= 0.6 is 0 Å². The number of fused-ring (bicyclic) bond motifs is 3. The van der Waals surface area contributed by atoms with Gasteiger partial charge in [-0.05, 0) is 30.3 Å². The van der Waals surface area contributed by atoms with E-state index < -0.39 is 0 Å². The normalized spacial score (nSPS) is 14.5. The molecular weight excluding hydrogens is 348 g/mol. The zero-order chi connectivity index (χ0) is 18.2. The zero-order valence-electron chi connectivity index (χ0n) is 14.6. The van der Waals surface area contributed by atoms with Crippen molar-refractivity contribution in [2.45, 2.75) is 13.1 Å². The molecular formula is C20H19N2O5+. The first kappa shape index (κ1) is 16.0. The summed E-state index contributed by atoms with van der Waals surface area (Å²) in [5.74, 6) is 2.94. The van der Waals surface area contributed by atoms with E-state index in [4.69, 9.17) is 18.9 Å². The molecule has 0 fully saturated rings. The largest absolute Gasteiger partial charge is 0.486 e. The lowest BCUT2D eigenvalue weighted by atomic mass is 10.1. The second-order valence-electron chi connectivity index (χ2n) is 6.59. The lowest BCUT2D eigenvalue weighted by Crippen LogP contribution is -2.81. The molecule has 0 radical (unpaired) electrons. The van der Waals surface area contributed by atoms with Gasteiger partial charge in [0, 0.05) is 17.0 Å². The van der Waals surface area contributed by atoms with Gasteiger partial charge in [-0.3, -0.25) is 4.79 Å². The number of benzene rings is 2. The molecule has 0 bridgehead atoms. The van der Waals surface area contributed by atoms with Gasteiger partial charge in [-0.15, -0.1) is 0 Å². The predicted octanol–water partition coefficient (Wildman–Crippen LogP) is 1.29. The highest BCUT2D eigenvalue weighted by molar-refractivity contribution is 5.83. The molecule has 2 aliphatic rings. The fourth-order valence-electron chi connectivity index (χ4n) is 3.40. The van der Waals surface area contributed by atoms with Crippen LogP contribution in [0.3, 0.4) is 0 Å². The van der Waals surface area contributed by atoms with Crippen molar-refractivity contribution >= 4 is 10.9 Å². The Balaban J connectivity index is 1.34. The maximum absolute atomic E-state index is 12.4. The van der Waals surface area contributed by atoms with Crippen LogP contribution in [-0.2, 0) is 13.1 Å². The zero-order valence-corrected chi connectivity index (χ0v) is 14.6. The molecule has 3 heterocycles. The molecule has 2 aromatic carbocycles. The molecule has 138 valence electrons. The van der Waals surface area contributed by atoms with E-state index >= 15 is 0 Å². The van der Waals surface area contributed by atoms with Crippen molar-refractivity contribution in [2.75, 3.05) is 20.0 Å². The van der Waals surface area contributed by atoms with E-state index in [9.17, 15) is 4.79 Å². The predicted molar refractivity (Wildman–Crippen MR) is 97.5 cm³/mol. The summed E-state index contributed by atoms with van der Waals surface area (Å²) >= 11 is 0. The second-order valence-corrected chi connectivity index (χ2v) is 6.59. The number of rotatable bonds is 4. The molecule has 0 spiro atoms. The number of quaternary nitrogens is 1. The van der Waals surface area contributed by atoms with Crippen molar-refractivity contribution in [3.8, 4) is 23.0 Å². The fraction of sp³-hybridized carbons (Fsp3) is 0.250. The Hall–Kier alpha value is -3.19. The van der Waals surface area contributed by atoms with Gasteiger partial charge < -0.3 is 29.2 Å². The van der Waals surface area contributed by atoms with E-state index in [1.54, 1.807) is 0 Å². The number of nitrogens with one attached hydrogen (secondary N) is 1. The molecule has 0 saturated carbocycles. The maximum atomic E-state index is 12.4. The van der Waals surface area contributed by atoms with Crippen LogP contribution < -0.4 is 29.8 Å². The number of hydrogen-bond donors (Lipinski definition) is 2. The van der Waals surface area contributed by atoms with Gasteiger partial charge in [-0.2, -0.15) is 0 Å². The van der Waals surface area contributed by atoms with Crippen molar-refractivity contribution < 1.29 is 24.3 Å². The van der Waals surface area contributed by atoms with E-state index in [0.29, 0.717) is 25.5 Å². The van der Waals surface area contributed by atoms with E-state index in [1.165, 1.54) is 0 Å². The third kappa shape index (κ3) is 3.06. The van der Waals surface area contributed by atoms with Crippen molar-refractivity contribution in [3.63, 3.8) is 0 Å². The standard InChI is InChI=1S/C20H18N2O5/c23-20-14(10-21-9-12-1-2-16-17(5-12)27-11-26-16)6-13-7-18-19(8-15(13)22-20)25-4-3-24-18/h1-2,5-8,21H,3-4,9-11H2,(H,22,23)/p+1. The van der Waals surface area contributed by atoms with Crippen molar-refractivity contribution in [3.05, 3.63) is 57.9 Å². The Morgan fingerprint density at radius 1 is 0.852 bits per heavy atom.